The number of aliphatic carboxylic acids is 1. The summed E-state index contributed by atoms with van der Waals surface area (Å²) in [6, 6.07) is 5.80. The van der Waals surface area contributed by atoms with Crippen molar-refractivity contribution in [3.8, 4) is 11.3 Å². The number of carboxylic acids is 1. The van der Waals surface area contributed by atoms with E-state index in [-0.39, 0.29) is 5.82 Å². The van der Waals surface area contributed by atoms with Crippen molar-refractivity contribution in [2.24, 2.45) is 0 Å². The van der Waals surface area contributed by atoms with Crippen LogP contribution in [0.1, 0.15) is 24.7 Å². The lowest BCUT2D eigenvalue weighted by Crippen LogP contribution is -2.24. The van der Waals surface area contributed by atoms with Crippen LogP contribution in [-0.4, -0.2) is 20.6 Å². The van der Waals surface area contributed by atoms with Gasteiger partial charge in [-0.15, -0.1) is 0 Å². The van der Waals surface area contributed by atoms with Gasteiger partial charge in [0.05, 0.1) is 5.69 Å². The maximum absolute atomic E-state index is 13.7. The monoisotopic (exact) mass is 260 g/mol. The van der Waals surface area contributed by atoms with Crippen molar-refractivity contribution < 1.29 is 14.3 Å². The molecule has 19 heavy (non-hydrogen) atoms. The highest BCUT2D eigenvalue weighted by molar-refractivity contribution is 5.72. The molecular formula is C14H13FN2O2. The van der Waals surface area contributed by atoms with Gasteiger partial charge in [0.1, 0.15) is 17.7 Å². The van der Waals surface area contributed by atoms with Gasteiger partial charge in [-0.25, -0.2) is 14.2 Å². The van der Waals surface area contributed by atoms with Gasteiger partial charge in [0.15, 0.2) is 0 Å². The molecule has 1 aliphatic heterocycles. The third-order valence-electron chi connectivity index (χ3n) is 3.46. The molecule has 0 saturated heterocycles. The molecule has 0 radical (unpaired) electrons. The van der Waals surface area contributed by atoms with Crippen molar-refractivity contribution in [1.82, 2.24) is 9.55 Å². The number of nitrogens with zero attached hydrogens (tertiary/aromatic N) is 2. The van der Waals surface area contributed by atoms with Crippen LogP contribution in [0.25, 0.3) is 11.3 Å². The van der Waals surface area contributed by atoms with Crippen molar-refractivity contribution >= 4 is 5.97 Å². The van der Waals surface area contributed by atoms with Crippen LogP contribution in [0.3, 0.4) is 0 Å². The number of benzene rings is 1. The van der Waals surface area contributed by atoms with Crippen LogP contribution >= 0.6 is 0 Å². The summed E-state index contributed by atoms with van der Waals surface area (Å²) in [6.07, 6.45) is 3.77. The van der Waals surface area contributed by atoms with E-state index in [1.54, 1.807) is 29.0 Å². The first-order valence-corrected chi connectivity index (χ1v) is 6.22. The lowest BCUT2D eigenvalue weighted by Gasteiger charge is -2.20. The first kappa shape index (κ1) is 11.9. The zero-order valence-corrected chi connectivity index (χ0v) is 10.2. The molecule has 0 amide bonds. The summed E-state index contributed by atoms with van der Waals surface area (Å²) in [4.78, 5) is 15.6. The molecule has 1 N–H and O–H groups in total. The number of hydrogen-bond donors (Lipinski definition) is 1. The number of fused-ring (bicyclic) bond motifs is 1. The van der Waals surface area contributed by atoms with Crippen LogP contribution in [0, 0.1) is 5.82 Å². The molecule has 0 saturated carbocycles. The third kappa shape index (κ3) is 2.01. The molecule has 0 spiro atoms. The first-order valence-electron chi connectivity index (χ1n) is 6.22. The number of aryl methyl sites for hydroxylation is 1. The van der Waals surface area contributed by atoms with Gasteiger partial charge in [0.25, 0.3) is 0 Å². The first-order chi connectivity index (χ1) is 9.16. The lowest BCUT2D eigenvalue weighted by atomic mass is 10.1. The van der Waals surface area contributed by atoms with Gasteiger partial charge in [0.2, 0.25) is 0 Å². The second-order valence-electron chi connectivity index (χ2n) is 4.68. The van der Waals surface area contributed by atoms with E-state index >= 15 is 0 Å². The smallest absolute Gasteiger partial charge is 0.326 e. The van der Waals surface area contributed by atoms with Gasteiger partial charge in [-0.05, 0) is 25.0 Å². The Balaban J connectivity index is 2.07. The lowest BCUT2D eigenvalue weighted by molar-refractivity contribution is -0.141. The summed E-state index contributed by atoms with van der Waals surface area (Å²) in [5.41, 5.74) is 0.912. The Morgan fingerprint density at radius 2 is 2.21 bits per heavy atom. The summed E-state index contributed by atoms with van der Waals surface area (Å²) in [5, 5.41) is 9.20. The van der Waals surface area contributed by atoms with E-state index < -0.39 is 12.0 Å². The molecular weight excluding hydrogens is 247 g/mol. The topological polar surface area (TPSA) is 55.1 Å². The van der Waals surface area contributed by atoms with E-state index in [2.05, 4.69) is 4.98 Å². The van der Waals surface area contributed by atoms with E-state index in [0.29, 0.717) is 17.7 Å². The van der Waals surface area contributed by atoms with E-state index in [4.69, 9.17) is 0 Å². The number of hydrogen-bond acceptors (Lipinski definition) is 2. The zero-order chi connectivity index (χ0) is 13.4. The minimum Gasteiger partial charge on any atom is -0.480 e. The Bertz CT molecular complexity index is 636. The van der Waals surface area contributed by atoms with E-state index in [0.717, 1.165) is 18.7 Å². The molecule has 5 heteroatoms. The van der Waals surface area contributed by atoms with Crippen LogP contribution in [0.4, 0.5) is 4.39 Å². The Morgan fingerprint density at radius 3 is 2.95 bits per heavy atom. The molecule has 98 valence electrons. The SMILES string of the molecule is O=C(O)C1CCCc2nc(-c3ccccc3F)cn21. The fraction of sp³-hybridized carbons (Fsp3) is 0.286. The molecule has 1 aromatic carbocycles. The molecule has 0 fully saturated rings. The van der Waals surface area contributed by atoms with Gasteiger partial charge >= 0.3 is 5.97 Å². The molecule has 1 unspecified atom stereocenters. The molecule has 1 aliphatic rings. The van der Waals surface area contributed by atoms with Gasteiger partial charge in [-0.1, -0.05) is 12.1 Å². The van der Waals surface area contributed by atoms with Gasteiger partial charge in [0, 0.05) is 18.2 Å². The van der Waals surface area contributed by atoms with Gasteiger partial charge in [-0.3, -0.25) is 0 Å². The second kappa shape index (κ2) is 4.50. The fourth-order valence-corrected chi connectivity index (χ4v) is 2.52. The highest BCUT2D eigenvalue weighted by Crippen LogP contribution is 2.29. The third-order valence-corrected chi connectivity index (χ3v) is 3.46. The average Bonchev–Trinajstić information content (AvgIpc) is 2.82. The molecule has 3 rings (SSSR count). The Hall–Kier alpha value is -2.17. The normalized spacial score (nSPS) is 18.1. The van der Waals surface area contributed by atoms with Crippen molar-refractivity contribution in [3.05, 3.63) is 42.1 Å². The summed E-state index contributed by atoms with van der Waals surface area (Å²) in [5.74, 6) is -0.486. The van der Waals surface area contributed by atoms with E-state index in [1.165, 1.54) is 6.07 Å². The Morgan fingerprint density at radius 1 is 1.42 bits per heavy atom. The standard InChI is InChI=1S/C14H13FN2O2/c15-10-5-2-1-4-9(10)11-8-17-12(14(18)19)6-3-7-13(17)16-11/h1-2,4-5,8,12H,3,6-7H2,(H,18,19). The number of halogens is 1. The Labute approximate surface area is 109 Å². The quantitative estimate of drug-likeness (QED) is 0.903. The predicted molar refractivity (Wildman–Crippen MR) is 67.2 cm³/mol. The van der Waals surface area contributed by atoms with Crippen molar-refractivity contribution in [1.29, 1.82) is 0 Å². The van der Waals surface area contributed by atoms with Crippen molar-refractivity contribution in [2.45, 2.75) is 25.3 Å². The number of carbonyl (C=O) groups is 1. The molecule has 2 heterocycles. The number of rotatable bonds is 2. The maximum Gasteiger partial charge on any atom is 0.326 e. The van der Waals surface area contributed by atoms with Crippen molar-refractivity contribution in [2.75, 3.05) is 0 Å². The summed E-state index contributed by atoms with van der Waals surface area (Å²) in [7, 11) is 0. The molecule has 4 nitrogen and oxygen atoms in total. The van der Waals surface area contributed by atoms with Gasteiger partial charge in [-0.2, -0.15) is 0 Å². The Kier molecular flexibility index (Phi) is 2.81. The van der Waals surface area contributed by atoms with Crippen LogP contribution in [0.15, 0.2) is 30.5 Å². The summed E-state index contributed by atoms with van der Waals surface area (Å²) < 4.78 is 15.4. The summed E-state index contributed by atoms with van der Waals surface area (Å²) in [6.45, 7) is 0. The molecule has 0 aliphatic carbocycles. The molecule has 1 atom stereocenters. The van der Waals surface area contributed by atoms with Crippen LogP contribution in [-0.2, 0) is 11.2 Å². The summed E-state index contributed by atoms with van der Waals surface area (Å²) >= 11 is 0. The molecule has 1 aromatic heterocycles. The number of carboxylic acid groups (broad SMARTS) is 1. The maximum atomic E-state index is 13.7. The van der Waals surface area contributed by atoms with E-state index in [1.807, 2.05) is 0 Å². The zero-order valence-electron chi connectivity index (χ0n) is 10.2. The van der Waals surface area contributed by atoms with Crippen molar-refractivity contribution in [3.63, 3.8) is 0 Å². The number of imidazole rings is 1. The highest BCUT2D eigenvalue weighted by Gasteiger charge is 2.27. The van der Waals surface area contributed by atoms with E-state index in [9.17, 15) is 14.3 Å². The molecule has 0 bridgehead atoms. The minimum atomic E-state index is -0.863. The fourth-order valence-electron chi connectivity index (χ4n) is 2.52. The largest absolute Gasteiger partial charge is 0.480 e. The molecule has 2 aromatic rings. The van der Waals surface area contributed by atoms with Gasteiger partial charge < -0.3 is 9.67 Å². The van der Waals surface area contributed by atoms with Crippen LogP contribution < -0.4 is 0 Å². The van der Waals surface area contributed by atoms with Crippen LogP contribution in [0.2, 0.25) is 0 Å². The minimum absolute atomic E-state index is 0.343. The highest BCUT2D eigenvalue weighted by atomic mass is 19.1. The second-order valence-corrected chi connectivity index (χ2v) is 4.68. The predicted octanol–water partition coefficient (Wildman–Crippen LogP) is 2.65. The number of aromatic nitrogens is 2. The average molecular weight is 260 g/mol. The van der Waals surface area contributed by atoms with Crippen LogP contribution in [0.5, 0.6) is 0 Å².